The normalized spacial score (nSPS) is 22.8. The molecule has 7 heteroatoms. The number of hydrogen-bond donors (Lipinski definition) is 1. The van der Waals surface area contributed by atoms with Crippen LogP contribution in [0.1, 0.15) is 6.42 Å². The summed E-state index contributed by atoms with van der Waals surface area (Å²) in [5.74, 6) is -2.10. The molecule has 0 spiro atoms. The summed E-state index contributed by atoms with van der Waals surface area (Å²) in [4.78, 5) is 24.8. The second-order valence-corrected chi connectivity index (χ2v) is 3.98. The van der Waals surface area contributed by atoms with E-state index >= 15 is 0 Å². The Balaban J connectivity index is 2.35. The molecule has 7 nitrogen and oxygen atoms in total. The first-order chi connectivity index (χ1) is 8.04. The molecule has 1 unspecified atom stereocenters. The highest BCUT2D eigenvalue weighted by atomic mass is 16.5. The monoisotopic (exact) mass is 244 g/mol. The number of carbonyl (C=O) groups is 2. The molecule has 0 aromatic carbocycles. The van der Waals surface area contributed by atoms with E-state index in [9.17, 15) is 14.7 Å². The number of quaternary nitrogens is 1. The van der Waals surface area contributed by atoms with Crippen LogP contribution < -0.4 is 5.11 Å². The molecule has 1 aliphatic heterocycles. The smallest absolute Gasteiger partial charge is 0.309 e. The van der Waals surface area contributed by atoms with E-state index in [0.717, 1.165) is 6.54 Å². The maximum atomic E-state index is 10.5. The van der Waals surface area contributed by atoms with E-state index in [2.05, 4.69) is 4.99 Å². The van der Waals surface area contributed by atoms with E-state index in [-0.39, 0.29) is 13.0 Å². The molecule has 0 amide bonds. The zero-order chi connectivity index (χ0) is 12.7. The van der Waals surface area contributed by atoms with Crippen molar-refractivity contribution in [2.45, 2.75) is 6.42 Å². The Bertz CT molecular complexity index is 318. The quantitative estimate of drug-likeness (QED) is 0.396. The molecule has 1 rings (SSSR count). The fraction of sp³-hybridized carbons (Fsp3) is 0.700. The fourth-order valence-electron chi connectivity index (χ4n) is 1.72. The standard InChI is InChI=1S/C10H16N2O5/c13-9(14)1-3-12(4-2-11-8-12)5-6-17-7-10(15)16/h8H,1-7H2,(H-,13,14,15,16). The van der Waals surface area contributed by atoms with Crippen molar-refractivity contribution in [3.8, 4) is 0 Å². The maximum Gasteiger partial charge on any atom is 0.309 e. The molecular formula is C10H16N2O5. The summed E-state index contributed by atoms with van der Waals surface area (Å²) in [6.45, 7) is 2.20. The first-order valence-electron chi connectivity index (χ1n) is 5.40. The van der Waals surface area contributed by atoms with Crippen molar-refractivity contribution in [2.75, 3.05) is 39.4 Å². The molecule has 0 fully saturated rings. The van der Waals surface area contributed by atoms with Gasteiger partial charge in [-0.05, 0) is 0 Å². The van der Waals surface area contributed by atoms with Crippen LogP contribution in [0.15, 0.2) is 4.99 Å². The maximum absolute atomic E-state index is 10.5. The summed E-state index contributed by atoms with van der Waals surface area (Å²) >= 11 is 0. The first-order valence-corrected chi connectivity index (χ1v) is 5.40. The third kappa shape index (κ3) is 4.92. The Kier molecular flexibility index (Phi) is 5.05. The second-order valence-electron chi connectivity index (χ2n) is 3.98. The molecule has 1 aliphatic rings. The van der Waals surface area contributed by atoms with Gasteiger partial charge in [0.25, 0.3) is 0 Å². The van der Waals surface area contributed by atoms with Crippen LogP contribution >= 0.6 is 0 Å². The van der Waals surface area contributed by atoms with Crippen molar-refractivity contribution in [1.82, 2.24) is 0 Å². The Labute approximate surface area is 98.9 Å². The molecule has 0 saturated carbocycles. The van der Waals surface area contributed by atoms with Gasteiger partial charge < -0.3 is 19.7 Å². The van der Waals surface area contributed by atoms with Gasteiger partial charge in [0.1, 0.15) is 13.1 Å². The van der Waals surface area contributed by atoms with E-state index in [1.807, 2.05) is 0 Å². The number of aliphatic carboxylic acids is 2. The van der Waals surface area contributed by atoms with Gasteiger partial charge in [-0.2, -0.15) is 0 Å². The molecule has 17 heavy (non-hydrogen) atoms. The van der Waals surface area contributed by atoms with Gasteiger partial charge in [0.05, 0.1) is 38.7 Å². The molecule has 96 valence electrons. The number of aliphatic imine (C=N–C) groups is 1. The van der Waals surface area contributed by atoms with E-state index in [1.165, 1.54) is 0 Å². The lowest BCUT2D eigenvalue weighted by Gasteiger charge is -2.29. The van der Waals surface area contributed by atoms with Crippen molar-refractivity contribution < 1.29 is 29.0 Å². The molecular weight excluding hydrogens is 228 g/mol. The van der Waals surface area contributed by atoms with E-state index < -0.39 is 18.5 Å². The third-order valence-electron chi connectivity index (χ3n) is 2.67. The molecule has 0 saturated heterocycles. The predicted molar refractivity (Wildman–Crippen MR) is 56.3 cm³/mol. The molecule has 1 heterocycles. The van der Waals surface area contributed by atoms with Gasteiger partial charge in [-0.15, -0.1) is 0 Å². The van der Waals surface area contributed by atoms with Crippen LogP contribution in [-0.4, -0.2) is 67.3 Å². The number of carboxylic acids is 2. The minimum absolute atomic E-state index is 0.0620. The summed E-state index contributed by atoms with van der Waals surface area (Å²) < 4.78 is 5.35. The van der Waals surface area contributed by atoms with Crippen LogP contribution in [-0.2, 0) is 14.3 Å². The summed E-state index contributed by atoms with van der Waals surface area (Å²) in [6.07, 6.45) is 1.79. The highest BCUT2D eigenvalue weighted by Crippen LogP contribution is 2.10. The van der Waals surface area contributed by atoms with Gasteiger partial charge >= 0.3 is 5.97 Å². The lowest BCUT2D eigenvalue weighted by Crippen LogP contribution is -2.49. The number of carboxylic acid groups (broad SMARTS) is 2. The van der Waals surface area contributed by atoms with Crippen LogP contribution in [0.4, 0.5) is 0 Å². The van der Waals surface area contributed by atoms with Crippen LogP contribution in [0.25, 0.3) is 0 Å². The predicted octanol–water partition coefficient (Wildman–Crippen LogP) is -1.91. The zero-order valence-corrected chi connectivity index (χ0v) is 9.50. The van der Waals surface area contributed by atoms with Crippen molar-refractivity contribution in [2.24, 2.45) is 4.99 Å². The molecule has 0 aliphatic carbocycles. The van der Waals surface area contributed by atoms with Crippen molar-refractivity contribution >= 4 is 18.3 Å². The second kappa shape index (κ2) is 6.31. The minimum Gasteiger partial charge on any atom is -0.548 e. The Hall–Kier alpha value is -1.47. The SMILES string of the molecule is O=C([O-])COCC[N+]1(CCC(=O)O)C=NCC1. The van der Waals surface area contributed by atoms with Crippen molar-refractivity contribution in [3.05, 3.63) is 0 Å². The number of ether oxygens (including phenoxy) is 1. The number of carbonyl (C=O) groups excluding carboxylic acids is 1. The minimum atomic E-state index is -1.25. The Morgan fingerprint density at radius 1 is 1.47 bits per heavy atom. The fourth-order valence-corrected chi connectivity index (χ4v) is 1.72. The lowest BCUT2D eigenvalue weighted by atomic mass is 10.3. The average molecular weight is 244 g/mol. The molecule has 1 N–H and O–H groups in total. The van der Waals surface area contributed by atoms with Crippen molar-refractivity contribution in [3.63, 3.8) is 0 Å². The average Bonchev–Trinajstić information content (AvgIpc) is 2.71. The third-order valence-corrected chi connectivity index (χ3v) is 2.67. The lowest BCUT2D eigenvalue weighted by molar-refractivity contribution is -0.828. The van der Waals surface area contributed by atoms with E-state index in [4.69, 9.17) is 9.84 Å². The highest BCUT2D eigenvalue weighted by molar-refractivity contribution is 5.67. The van der Waals surface area contributed by atoms with Gasteiger partial charge in [0.2, 0.25) is 0 Å². The van der Waals surface area contributed by atoms with Gasteiger partial charge in [0, 0.05) is 0 Å². The zero-order valence-electron chi connectivity index (χ0n) is 9.50. The molecule has 1 atom stereocenters. The van der Waals surface area contributed by atoms with Crippen LogP contribution in [0, 0.1) is 0 Å². The van der Waals surface area contributed by atoms with Crippen molar-refractivity contribution in [1.29, 1.82) is 0 Å². The largest absolute Gasteiger partial charge is 0.548 e. The first kappa shape index (κ1) is 13.6. The number of nitrogens with zero attached hydrogens (tertiary/aromatic N) is 2. The summed E-state index contributed by atoms with van der Waals surface area (Å²) in [5, 5.41) is 18.8. The number of hydrogen-bond acceptors (Lipinski definition) is 5. The summed E-state index contributed by atoms with van der Waals surface area (Å²) in [6, 6.07) is 0. The molecule has 0 aromatic rings. The van der Waals surface area contributed by atoms with Gasteiger partial charge in [-0.1, -0.05) is 0 Å². The molecule has 0 bridgehead atoms. The number of rotatable bonds is 8. The summed E-state index contributed by atoms with van der Waals surface area (Å²) in [7, 11) is 0. The molecule has 0 radical (unpaired) electrons. The van der Waals surface area contributed by atoms with Gasteiger partial charge in [-0.3, -0.25) is 9.28 Å². The van der Waals surface area contributed by atoms with Crippen LogP contribution in [0.5, 0.6) is 0 Å². The van der Waals surface area contributed by atoms with Crippen LogP contribution in [0.2, 0.25) is 0 Å². The van der Waals surface area contributed by atoms with Crippen LogP contribution in [0.3, 0.4) is 0 Å². The van der Waals surface area contributed by atoms with Gasteiger partial charge in [-0.25, -0.2) is 4.99 Å². The Morgan fingerprint density at radius 2 is 2.24 bits per heavy atom. The van der Waals surface area contributed by atoms with Gasteiger partial charge in [0.15, 0.2) is 6.34 Å². The van der Waals surface area contributed by atoms with E-state index in [0.29, 0.717) is 24.1 Å². The molecule has 0 aromatic heterocycles. The topological polar surface area (TPSA) is 99.0 Å². The highest BCUT2D eigenvalue weighted by Gasteiger charge is 2.29. The van der Waals surface area contributed by atoms with E-state index in [1.54, 1.807) is 6.34 Å². The summed E-state index contributed by atoms with van der Waals surface area (Å²) in [5.41, 5.74) is 0. The Morgan fingerprint density at radius 3 is 2.76 bits per heavy atom.